The van der Waals surface area contributed by atoms with Crippen LogP contribution in [0.3, 0.4) is 0 Å². The molecule has 1 spiro atoms. The highest BCUT2D eigenvalue weighted by molar-refractivity contribution is 6.30. The third-order valence-corrected chi connectivity index (χ3v) is 5.80. The van der Waals surface area contributed by atoms with Crippen LogP contribution in [0.25, 0.3) is 0 Å². The first-order chi connectivity index (χ1) is 13.1. The first-order valence-electron chi connectivity index (χ1n) is 9.23. The predicted octanol–water partition coefficient (Wildman–Crippen LogP) is 2.87. The number of urea groups is 1. The van der Waals surface area contributed by atoms with Crippen LogP contribution in [0.1, 0.15) is 5.69 Å². The van der Waals surface area contributed by atoms with Gasteiger partial charge in [0.05, 0.1) is 17.9 Å². The van der Waals surface area contributed by atoms with Crippen molar-refractivity contribution in [3.8, 4) is 5.75 Å². The van der Waals surface area contributed by atoms with Crippen LogP contribution in [-0.4, -0.2) is 60.1 Å². The fraction of sp³-hybridized carbons (Fsp3) is 0.400. The lowest BCUT2D eigenvalue weighted by molar-refractivity contribution is -0.0978. The zero-order valence-electron chi connectivity index (χ0n) is 15.0. The third kappa shape index (κ3) is 3.03. The van der Waals surface area contributed by atoms with Gasteiger partial charge in [-0.3, -0.25) is 14.8 Å². The van der Waals surface area contributed by atoms with Gasteiger partial charge in [0.15, 0.2) is 0 Å². The fourth-order valence-corrected chi connectivity index (χ4v) is 4.56. The zero-order chi connectivity index (χ0) is 18.4. The third-order valence-electron chi connectivity index (χ3n) is 5.57. The van der Waals surface area contributed by atoms with E-state index in [1.807, 2.05) is 34.2 Å². The fourth-order valence-electron chi connectivity index (χ4n) is 4.40. The average Bonchev–Trinajstić information content (AvgIpc) is 2.62. The van der Waals surface area contributed by atoms with E-state index in [0.717, 1.165) is 44.1 Å². The molecule has 5 rings (SSSR count). The zero-order valence-corrected chi connectivity index (χ0v) is 15.7. The number of carbonyl (C=O) groups is 1. The molecular weight excluding hydrogens is 364 g/mol. The molecule has 2 aromatic rings. The number of likely N-dealkylation sites (tertiary alicyclic amines) is 2. The summed E-state index contributed by atoms with van der Waals surface area (Å²) in [6.45, 7) is 5.66. The van der Waals surface area contributed by atoms with E-state index < -0.39 is 0 Å². The Bertz CT molecular complexity index is 862. The van der Waals surface area contributed by atoms with Crippen LogP contribution in [0, 0.1) is 5.41 Å². The van der Waals surface area contributed by atoms with Gasteiger partial charge in [-0.25, -0.2) is 4.79 Å². The van der Waals surface area contributed by atoms with E-state index in [4.69, 9.17) is 16.3 Å². The van der Waals surface area contributed by atoms with Crippen molar-refractivity contribution in [3.63, 3.8) is 0 Å². The number of carbonyl (C=O) groups excluding carboxylic acids is 1. The Hall–Kier alpha value is -2.31. The number of aromatic nitrogens is 1. The number of fused-ring (bicyclic) bond motifs is 1. The maximum absolute atomic E-state index is 13.0. The van der Waals surface area contributed by atoms with Crippen LogP contribution in [-0.2, 0) is 6.54 Å². The van der Waals surface area contributed by atoms with Crippen molar-refractivity contribution in [1.82, 2.24) is 14.8 Å². The second-order valence-electron chi connectivity index (χ2n) is 7.72. The minimum absolute atomic E-state index is 0.0654. The summed E-state index contributed by atoms with van der Waals surface area (Å²) in [6.07, 6.45) is 1.84. The van der Waals surface area contributed by atoms with E-state index in [9.17, 15) is 4.79 Å². The Morgan fingerprint density at radius 3 is 2.81 bits per heavy atom. The highest BCUT2D eigenvalue weighted by Gasteiger charge is 2.53. The molecule has 0 radical (unpaired) electrons. The molecule has 1 aromatic carbocycles. The number of anilines is 1. The number of pyridine rings is 1. The summed E-state index contributed by atoms with van der Waals surface area (Å²) < 4.78 is 5.65. The summed E-state index contributed by atoms with van der Waals surface area (Å²) in [7, 11) is 0. The molecule has 0 bridgehead atoms. The molecule has 0 atom stereocenters. The Labute approximate surface area is 163 Å². The molecule has 0 aliphatic carbocycles. The molecule has 1 aromatic heterocycles. The van der Waals surface area contributed by atoms with Gasteiger partial charge in [-0.1, -0.05) is 17.7 Å². The van der Waals surface area contributed by atoms with E-state index in [1.165, 1.54) is 0 Å². The minimum atomic E-state index is 0.0654. The van der Waals surface area contributed by atoms with E-state index in [0.29, 0.717) is 23.9 Å². The van der Waals surface area contributed by atoms with Crippen LogP contribution in [0.5, 0.6) is 5.75 Å². The van der Waals surface area contributed by atoms with Crippen molar-refractivity contribution in [3.05, 3.63) is 53.3 Å². The SMILES string of the molecule is O=C(N1CC2(CN(Cc3ccccn3)C2)C1)N1CCOc2cc(Cl)ccc21. The van der Waals surface area contributed by atoms with E-state index >= 15 is 0 Å². The van der Waals surface area contributed by atoms with Crippen LogP contribution >= 0.6 is 11.6 Å². The largest absolute Gasteiger partial charge is 0.489 e. The standard InChI is InChI=1S/C20H21ClN4O2/c21-15-4-5-17-18(9-15)27-8-7-25(17)19(26)24-13-20(14-24)11-23(12-20)10-16-3-1-2-6-22-16/h1-6,9H,7-8,10-14H2. The lowest BCUT2D eigenvalue weighted by Crippen LogP contribution is -2.73. The van der Waals surface area contributed by atoms with Crippen molar-refractivity contribution in [2.75, 3.05) is 44.2 Å². The van der Waals surface area contributed by atoms with Gasteiger partial charge in [0, 0.05) is 55.4 Å². The van der Waals surface area contributed by atoms with Gasteiger partial charge in [0.25, 0.3) is 0 Å². The molecule has 140 valence electrons. The Kier molecular flexibility index (Phi) is 3.98. The number of rotatable bonds is 2. The average molecular weight is 385 g/mol. The molecule has 0 unspecified atom stereocenters. The molecule has 3 aliphatic rings. The Balaban J connectivity index is 1.18. The molecule has 2 fully saturated rings. The molecule has 3 aliphatic heterocycles. The Morgan fingerprint density at radius 2 is 2.04 bits per heavy atom. The summed E-state index contributed by atoms with van der Waals surface area (Å²) >= 11 is 6.04. The minimum Gasteiger partial charge on any atom is -0.489 e. The van der Waals surface area contributed by atoms with Crippen molar-refractivity contribution in [2.24, 2.45) is 5.41 Å². The maximum atomic E-state index is 13.0. The van der Waals surface area contributed by atoms with Gasteiger partial charge in [0.2, 0.25) is 0 Å². The second-order valence-corrected chi connectivity index (χ2v) is 8.15. The topological polar surface area (TPSA) is 48.9 Å². The number of hydrogen-bond acceptors (Lipinski definition) is 4. The van der Waals surface area contributed by atoms with Crippen molar-refractivity contribution < 1.29 is 9.53 Å². The monoisotopic (exact) mass is 384 g/mol. The predicted molar refractivity (Wildman–Crippen MR) is 103 cm³/mol. The summed E-state index contributed by atoms with van der Waals surface area (Å²) in [4.78, 5) is 23.5. The second kappa shape index (κ2) is 6.39. The molecule has 0 N–H and O–H groups in total. The number of nitrogens with zero attached hydrogens (tertiary/aromatic N) is 4. The normalized spacial score (nSPS) is 20.5. The molecule has 0 saturated carbocycles. The molecular formula is C20H21ClN4O2. The van der Waals surface area contributed by atoms with Gasteiger partial charge >= 0.3 is 6.03 Å². The molecule has 6 nitrogen and oxygen atoms in total. The van der Waals surface area contributed by atoms with Crippen LogP contribution in [0.2, 0.25) is 5.02 Å². The highest BCUT2D eigenvalue weighted by atomic mass is 35.5. The lowest BCUT2D eigenvalue weighted by atomic mass is 9.73. The molecule has 4 heterocycles. The van der Waals surface area contributed by atoms with Crippen LogP contribution < -0.4 is 9.64 Å². The Morgan fingerprint density at radius 1 is 1.19 bits per heavy atom. The summed E-state index contributed by atoms with van der Waals surface area (Å²) in [5.74, 6) is 0.683. The lowest BCUT2D eigenvalue weighted by Gasteiger charge is -2.60. The number of halogens is 1. The van der Waals surface area contributed by atoms with E-state index in [-0.39, 0.29) is 11.4 Å². The van der Waals surface area contributed by atoms with Crippen molar-refractivity contribution in [1.29, 1.82) is 0 Å². The molecule has 7 heteroatoms. The van der Waals surface area contributed by atoms with Gasteiger partial charge in [0.1, 0.15) is 12.4 Å². The molecule has 27 heavy (non-hydrogen) atoms. The summed E-state index contributed by atoms with van der Waals surface area (Å²) in [5, 5.41) is 0.619. The van der Waals surface area contributed by atoms with Crippen LogP contribution in [0.15, 0.2) is 42.6 Å². The highest BCUT2D eigenvalue weighted by Crippen LogP contribution is 2.42. The van der Waals surface area contributed by atoms with E-state index in [1.54, 1.807) is 12.1 Å². The van der Waals surface area contributed by atoms with Gasteiger partial charge in [-0.2, -0.15) is 0 Å². The molecule has 2 saturated heterocycles. The van der Waals surface area contributed by atoms with Crippen LogP contribution in [0.4, 0.5) is 10.5 Å². The van der Waals surface area contributed by atoms with Gasteiger partial charge < -0.3 is 9.64 Å². The number of hydrogen-bond donors (Lipinski definition) is 0. The van der Waals surface area contributed by atoms with Gasteiger partial charge in [-0.05, 0) is 24.3 Å². The number of benzene rings is 1. The van der Waals surface area contributed by atoms with Crippen molar-refractivity contribution in [2.45, 2.75) is 6.54 Å². The first kappa shape index (κ1) is 16.8. The van der Waals surface area contributed by atoms with Gasteiger partial charge in [-0.15, -0.1) is 0 Å². The van der Waals surface area contributed by atoms with Crippen molar-refractivity contribution >= 4 is 23.3 Å². The first-order valence-corrected chi connectivity index (χ1v) is 9.61. The summed E-state index contributed by atoms with van der Waals surface area (Å²) in [6, 6.07) is 11.5. The maximum Gasteiger partial charge on any atom is 0.324 e. The number of amides is 2. The quantitative estimate of drug-likeness (QED) is 0.798. The smallest absolute Gasteiger partial charge is 0.324 e. The summed E-state index contributed by atoms with van der Waals surface area (Å²) in [5.41, 5.74) is 2.17. The van der Waals surface area contributed by atoms with E-state index in [2.05, 4.69) is 16.0 Å². The molecule has 2 amide bonds. The number of ether oxygens (including phenoxy) is 1.